The van der Waals surface area contributed by atoms with Gasteiger partial charge in [0.25, 0.3) is 0 Å². The fraction of sp³-hybridized carbons (Fsp3) is 0.933. The number of hydrogen-bond donors (Lipinski definition) is 2. The van der Waals surface area contributed by atoms with Crippen LogP contribution in [0.3, 0.4) is 0 Å². The Kier molecular flexibility index (Phi) is 11.7. The van der Waals surface area contributed by atoms with Crippen LogP contribution in [0.5, 0.6) is 0 Å². The van der Waals surface area contributed by atoms with Crippen molar-refractivity contribution in [1.29, 1.82) is 0 Å². The summed E-state index contributed by atoms with van der Waals surface area (Å²) in [6, 6.07) is 0. The van der Waals surface area contributed by atoms with Gasteiger partial charge in [0, 0.05) is 13.2 Å². The Balaban J connectivity index is 3.71. The second-order valence-electron chi connectivity index (χ2n) is 4.95. The summed E-state index contributed by atoms with van der Waals surface area (Å²) in [6.45, 7) is 9.19. The van der Waals surface area contributed by atoms with Gasteiger partial charge in [-0.15, -0.1) is 0 Å². The highest BCUT2D eigenvalue weighted by molar-refractivity contribution is 5.78. The molecule has 0 heterocycles. The Labute approximate surface area is 123 Å². The number of carboxylic acid groups (broad SMARTS) is 1. The SMILES string of the molecule is CCCCOCCOCCCC(CC)(NCC)C(=O)O. The highest BCUT2D eigenvalue weighted by Gasteiger charge is 2.34. The number of ether oxygens (including phenoxy) is 2. The first-order valence-electron chi connectivity index (χ1n) is 7.76. The monoisotopic (exact) mass is 289 g/mol. The van der Waals surface area contributed by atoms with Crippen molar-refractivity contribution in [2.45, 2.75) is 58.4 Å². The van der Waals surface area contributed by atoms with Crippen LogP contribution < -0.4 is 5.32 Å². The maximum Gasteiger partial charge on any atom is 0.323 e. The van der Waals surface area contributed by atoms with Crippen LogP contribution in [-0.4, -0.2) is 49.6 Å². The van der Waals surface area contributed by atoms with Gasteiger partial charge in [-0.2, -0.15) is 0 Å². The second-order valence-corrected chi connectivity index (χ2v) is 4.95. The van der Waals surface area contributed by atoms with Crippen molar-refractivity contribution in [1.82, 2.24) is 5.32 Å². The topological polar surface area (TPSA) is 67.8 Å². The van der Waals surface area contributed by atoms with Crippen molar-refractivity contribution in [2.75, 3.05) is 33.0 Å². The van der Waals surface area contributed by atoms with Gasteiger partial charge < -0.3 is 19.9 Å². The molecule has 0 aromatic rings. The smallest absolute Gasteiger partial charge is 0.323 e. The third kappa shape index (κ3) is 7.82. The predicted octanol–water partition coefficient (Wildman–Crippen LogP) is 2.44. The lowest BCUT2D eigenvalue weighted by molar-refractivity contribution is -0.145. The molecule has 0 aromatic carbocycles. The maximum atomic E-state index is 11.4. The van der Waals surface area contributed by atoms with Gasteiger partial charge in [-0.1, -0.05) is 27.2 Å². The lowest BCUT2D eigenvalue weighted by atomic mass is 9.90. The van der Waals surface area contributed by atoms with Crippen LogP contribution in [0.1, 0.15) is 52.9 Å². The minimum atomic E-state index is -0.810. The summed E-state index contributed by atoms with van der Waals surface area (Å²) in [5.74, 6) is -0.773. The zero-order chi connectivity index (χ0) is 15.3. The van der Waals surface area contributed by atoms with Gasteiger partial charge in [0.1, 0.15) is 5.54 Å². The highest BCUT2D eigenvalue weighted by atomic mass is 16.5. The summed E-state index contributed by atoms with van der Waals surface area (Å²) in [4.78, 5) is 11.4. The average molecular weight is 289 g/mol. The minimum absolute atomic E-state index is 0.580. The second kappa shape index (κ2) is 12.1. The number of likely N-dealkylation sites (N-methyl/N-ethyl adjacent to an activating group) is 1. The molecule has 0 bridgehead atoms. The van der Waals surface area contributed by atoms with Crippen LogP contribution in [0.15, 0.2) is 0 Å². The molecule has 120 valence electrons. The number of unbranched alkanes of at least 4 members (excludes halogenated alkanes) is 1. The van der Waals surface area contributed by atoms with Crippen LogP contribution in [0.4, 0.5) is 0 Å². The minimum Gasteiger partial charge on any atom is -0.480 e. The van der Waals surface area contributed by atoms with Crippen molar-refractivity contribution in [3.8, 4) is 0 Å². The normalized spacial score (nSPS) is 14.2. The van der Waals surface area contributed by atoms with Crippen molar-refractivity contribution in [3.63, 3.8) is 0 Å². The van der Waals surface area contributed by atoms with Gasteiger partial charge in [-0.25, -0.2) is 0 Å². The number of nitrogens with one attached hydrogen (secondary N) is 1. The molecule has 0 fully saturated rings. The Morgan fingerprint density at radius 1 is 1.05 bits per heavy atom. The maximum absolute atomic E-state index is 11.4. The summed E-state index contributed by atoms with van der Waals surface area (Å²) in [7, 11) is 0. The number of carbonyl (C=O) groups is 1. The average Bonchev–Trinajstić information content (AvgIpc) is 2.44. The Hall–Kier alpha value is -0.650. The van der Waals surface area contributed by atoms with Crippen molar-refractivity contribution < 1.29 is 19.4 Å². The van der Waals surface area contributed by atoms with Crippen LogP contribution in [0, 0.1) is 0 Å². The summed E-state index contributed by atoms with van der Waals surface area (Å²) >= 11 is 0. The van der Waals surface area contributed by atoms with E-state index in [0.717, 1.165) is 25.9 Å². The summed E-state index contributed by atoms with van der Waals surface area (Å²) < 4.78 is 10.9. The van der Waals surface area contributed by atoms with E-state index in [0.29, 0.717) is 39.2 Å². The van der Waals surface area contributed by atoms with Crippen LogP contribution in [0.2, 0.25) is 0 Å². The van der Waals surface area contributed by atoms with Crippen molar-refractivity contribution in [3.05, 3.63) is 0 Å². The molecule has 2 N–H and O–H groups in total. The molecular formula is C15H31NO4. The van der Waals surface area contributed by atoms with Crippen molar-refractivity contribution in [2.24, 2.45) is 0 Å². The first-order chi connectivity index (χ1) is 9.63. The fourth-order valence-corrected chi connectivity index (χ4v) is 2.11. The number of carboxylic acids is 1. The third-order valence-electron chi connectivity index (χ3n) is 3.43. The lowest BCUT2D eigenvalue weighted by Crippen LogP contribution is -2.51. The zero-order valence-electron chi connectivity index (χ0n) is 13.2. The van der Waals surface area contributed by atoms with Crippen molar-refractivity contribution >= 4 is 5.97 Å². The molecule has 5 heteroatoms. The largest absolute Gasteiger partial charge is 0.480 e. The van der Waals surface area contributed by atoms with E-state index in [1.165, 1.54) is 0 Å². The molecule has 1 atom stereocenters. The molecule has 0 spiro atoms. The number of aliphatic carboxylic acids is 1. The van der Waals surface area contributed by atoms with Crippen LogP contribution >= 0.6 is 0 Å². The molecule has 0 saturated carbocycles. The van der Waals surface area contributed by atoms with E-state index in [2.05, 4.69) is 12.2 Å². The van der Waals surface area contributed by atoms with E-state index < -0.39 is 11.5 Å². The van der Waals surface area contributed by atoms with E-state index >= 15 is 0 Å². The van der Waals surface area contributed by atoms with Gasteiger partial charge >= 0.3 is 5.97 Å². The van der Waals surface area contributed by atoms with Gasteiger partial charge in [0.05, 0.1) is 13.2 Å². The molecule has 0 rings (SSSR count). The van der Waals surface area contributed by atoms with E-state index in [1.807, 2.05) is 13.8 Å². The molecule has 0 radical (unpaired) electrons. The number of hydrogen-bond acceptors (Lipinski definition) is 4. The molecule has 0 saturated heterocycles. The van der Waals surface area contributed by atoms with Crippen LogP contribution in [0.25, 0.3) is 0 Å². The Bertz CT molecular complexity index is 248. The first-order valence-corrected chi connectivity index (χ1v) is 7.76. The first kappa shape index (κ1) is 19.4. The van der Waals surface area contributed by atoms with Crippen LogP contribution in [-0.2, 0) is 14.3 Å². The fourth-order valence-electron chi connectivity index (χ4n) is 2.11. The Morgan fingerprint density at radius 2 is 1.65 bits per heavy atom. The molecule has 1 unspecified atom stereocenters. The molecule has 0 aromatic heterocycles. The summed E-state index contributed by atoms with van der Waals surface area (Å²) in [5.41, 5.74) is -0.810. The van der Waals surface area contributed by atoms with E-state index in [1.54, 1.807) is 0 Å². The van der Waals surface area contributed by atoms with Gasteiger partial charge in [0.2, 0.25) is 0 Å². The summed E-state index contributed by atoms with van der Waals surface area (Å²) in [6.07, 6.45) is 4.13. The number of rotatable bonds is 14. The zero-order valence-corrected chi connectivity index (χ0v) is 13.2. The standard InChI is InChI=1S/C15H31NO4/c1-4-7-10-19-12-13-20-11-8-9-15(5-2,14(17)18)16-6-3/h16H,4-13H2,1-3H3,(H,17,18). The summed E-state index contributed by atoms with van der Waals surface area (Å²) in [5, 5.41) is 12.4. The van der Waals surface area contributed by atoms with Gasteiger partial charge in [-0.05, 0) is 32.2 Å². The lowest BCUT2D eigenvalue weighted by Gasteiger charge is -2.29. The predicted molar refractivity (Wildman–Crippen MR) is 80.1 cm³/mol. The van der Waals surface area contributed by atoms with E-state index in [4.69, 9.17) is 9.47 Å². The quantitative estimate of drug-likeness (QED) is 0.481. The third-order valence-corrected chi connectivity index (χ3v) is 3.43. The molecule has 5 nitrogen and oxygen atoms in total. The molecule has 0 amide bonds. The highest BCUT2D eigenvalue weighted by Crippen LogP contribution is 2.18. The molecule has 20 heavy (non-hydrogen) atoms. The molecule has 0 aliphatic rings. The molecule has 0 aliphatic heterocycles. The van der Waals surface area contributed by atoms with Gasteiger partial charge in [-0.3, -0.25) is 4.79 Å². The van der Waals surface area contributed by atoms with Gasteiger partial charge in [0.15, 0.2) is 0 Å². The van der Waals surface area contributed by atoms with E-state index in [-0.39, 0.29) is 0 Å². The van der Waals surface area contributed by atoms with E-state index in [9.17, 15) is 9.90 Å². The molecular weight excluding hydrogens is 258 g/mol. The Morgan fingerprint density at radius 3 is 2.10 bits per heavy atom. The molecule has 0 aliphatic carbocycles.